The lowest BCUT2D eigenvalue weighted by Gasteiger charge is -1.95. The van der Waals surface area contributed by atoms with Crippen LogP contribution in [0.4, 0.5) is 0 Å². The van der Waals surface area contributed by atoms with Gasteiger partial charge in [0.2, 0.25) is 5.56 Å². The summed E-state index contributed by atoms with van der Waals surface area (Å²) in [4.78, 5) is 24.3. The first-order valence-corrected chi connectivity index (χ1v) is 5.90. The van der Waals surface area contributed by atoms with E-state index >= 15 is 0 Å². The van der Waals surface area contributed by atoms with Crippen LogP contribution in [0, 0.1) is 18.8 Å². The molecule has 1 N–H and O–H groups in total. The van der Waals surface area contributed by atoms with Crippen molar-refractivity contribution in [3.63, 3.8) is 0 Å². The lowest BCUT2D eigenvalue weighted by Crippen LogP contribution is -2.05. The summed E-state index contributed by atoms with van der Waals surface area (Å²) in [6, 6.07) is 3.17. The third-order valence-electron chi connectivity index (χ3n) is 1.87. The van der Waals surface area contributed by atoms with Gasteiger partial charge in [-0.2, -0.15) is 0 Å². The van der Waals surface area contributed by atoms with Crippen LogP contribution in [0.1, 0.15) is 24.6 Å². The molecule has 0 bridgehead atoms. The van der Waals surface area contributed by atoms with Crippen LogP contribution in [0.2, 0.25) is 0 Å². The van der Waals surface area contributed by atoms with Gasteiger partial charge in [0, 0.05) is 36.4 Å². The summed E-state index contributed by atoms with van der Waals surface area (Å²) in [5.74, 6) is 6.65. The molecule has 16 heavy (non-hydrogen) atoms. The lowest BCUT2D eigenvalue weighted by atomic mass is 10.2. The Morgan fingerprint density at radius 2 is 2.25 bits per heavy atom. The molecule has 0 amide bonds. The highest BCUT2D eigenvalue weighted by Crippen LogP contribution is 2.03. The van der Waals surface area contributed by atoms with Gasteiger partial charge in [0.15, 0.2) is 5.12 Å². The highest BCUT2D eigenvalue weighted by atomic mass is 32.2. The Labute approximate surface area is 98.7 Å². The minimum Gasteiger partial charge on any atom is -0.325 e. The predicted octanol–water partition coefficient (Wildman–Crippen LogP) is 1.70. The second-order valence-corrected chi connectivity index (χ2v) is 4.52. The van der Waals surface area contributed by atoms with Gasteiger partial charge in [0.05, 0.1) is 0 Å². The van der Waals surface area contributed by atoms with Crippen molar-refractivity contribution in [2.75, 3.05) is 5.75 Å². The number of rotatable bonds is 2. The van der Waals surface area contributed by atoms with E-state index in [9.17, 15) is 9.59 Å². The van der Waals surface area contributed by atoms with Crippen molar-refractivity contribution in [2.45, 2.75) is 20.3 Å². The number of nitrogens with one attached hydrogen (secondary N) is 1. The molecule has 0 saturated heterocycles. The van der Waals surface area contributed by atoms with E-state index in [2.05, 4.69) is 16.8 Å². The van der Waals surface area contributed by atoms with Gasteiger partial charge >= 0.3 is 0 Å². The third kappa shape index (κ3) is 4.37. The van der Waals surface area contributed by atoms with Gasteiger partial charge < -0.3 is 4.98 Å². The predicted molar refractivity (Wildman–Crippen MR) is 66.4 cm³/mol. The Hall–Kier alpha value is -1.47. The molecule has 0 atom stereocenters. The van der Waals surface area contributed by atoms with Gasteiger partial charge in [0.1, 0.15) is 0 Å². The van der Waals surface area contributed by atoms with E-state index in [0.29, 0.717) is 12.2 Å². The zero-order valence-corrected chi connectivity index (χ0v) is 10.1. The molecule has 0 spiro atoms. The molecule has 0 aliphatic rings. The van der Waals surface area contributed by atoms with Crippen molar-refractivity contribution in [3.8, 4) is 11.8 Å². The number of aromatic amines is 1. The molecule has 0 fully saturated rings. The molecule has 0 unspecified atom stereocenters. The average Bonchev–Trinajstić information content (AvgIpc) is 2.20. The standard InChI is InChI=1S/C12H13NO2S/c1-9-11(6-7-12(15)13-9)5-3-4-8-16-10(2)14/h6-7H,4,8H2,1-2H3,(H,13,15). The molecular weight excluding hydrogens is 222 g/mol. The molecule has 0 radical (unpaired) electrons. The molecule has 3 nitrogen and oxygen atoms in total. The summed E-state index contributed by atoms with van der Waals surface area (Å²) >= 11 is 1.27. The summed E-state index contributed by atoms with van der Waals surface area (Å²) in [5.41, 5.74) is 1.49. The molecule has 0 aliphatic carbocycles. The van der Waals surface area contributed by atoms with E-state index < -0.39 is 0 Å². The molecule has 0 saturated carbocycles. The first kappa shape index (κ1) is 12.6. The maximum absolute atomic E-state index is 10.9. The highest BCUT2D eigenvalue weighted by molar-refractivity contribution is 8.13. The van der Waals surface area contributed by atoms with Crippen LogP contribution in [0.15, 0.2) is 16.9 Å². The SMILES string of the molecule is CC(=O)SCCC#Cc1ccc(=O)[nH]c1C. The van der Waals surface area contributed by atoms with Crippen molar-refractivity contribution in [2.24, 2.45) is 0 Å². The molecule has 1 rings (SSSR count). The van der Waals surface area contributed by atoms with Crippen molar-refractivity contribution in [1.82, 2.24) is 4.98 Å². The van der Waals surface area contributed by atoms with Crippen LogP contribution in [0.5, 0.6) is 0 Å². The zero-order chi connectivity index (χ0) is 12.0. The number of aryl methyl sites for hydroxylation is 1. The van der Waals surface area contributed by atoms with Gasteiger partial charge in [-0.1, -0.05) is 23.6 Å². The largest absolute Gasteiger partial charge is 0.325 e. The smallest absolute Gasteiger partial charge is 0.248 e. The van der Waals surface area contributed by atoms with Crippen molar-refractivity contribution >= 4 is 16.9 Å². The van der Waals surface area contributed by atoms with E-state index in [1.54, 1.807) is 13.0 Å². The molecule has 84 valence electrons. The maximum Gasteiger partial charge on any atom is 0.248 e. The van der Waals surface area contributed by atoms with Gasteiger partial charge in [-0.25, -0.2) is 0 Å². The zero-order valence-electron chi connectivity index (χ0n) is 9.29. The van der Waals surface area contributed by atoms with Crippen molar-refractivity contribution in [3.05, 3.63) is 33.7 Å². The number of aromatic nitrogens is 1. The topological polar surface area (TPSA) is 49.9 Å². The molecule has 1 aromatic rings. The minimum atomic E-state index is -0.116. The third-order valence-corrected chi connectivity index (χ3v) is 2.69. The summed E-state index contributed by atoms with van der Waals surface area (Å²) < 4.78 is 0. The lowest BCUT2D eigenvalue weighted by molar-refractivity contribution is -0.109. The highest BCUT2D eigenvalue weighted by Gasteiger charge is 1.94. The fraction of sp³-hybridized carbons (Fsp3) is 0.333. The Bertz CT molecular complexity index is 494. The summed E-state index contributed by atoms with van der Waals surface area (Å²) in [7, 11) is 0. The average molecular weight is 235 g/mol. The molecule has 0 aromatic carbocycles. The number of pyridine rings is 1. The van der Waals surface area contributed by atoms with E-state index in [4.69, 9.17) is 0 Å². The quantitative estimate of drug-likeness (QED) is 0.627. The maximum atomic E-state index is 10.9. The van der Waals surface area contributed by atoms with Crippen LogP contribution in [0.3, 0.4) is 0 Å². The minimum absolute atomic E-state index is 0.113. The number of carbonyl (C=O) groups is 1. The van der Waals surface area contributed by atoms with Gasteiger partial charge in [-0.3, -0.25) is 9.59 Å². The van der Waals surface area contributed by atoms with Crippen molar-refractivity contribution in [1.29, 1.82) is 0 Å². The van der Waals surface area contributed by atoms with Crippen LogP contribution < -0.4 is 5.56 Å². The Kier molecular flexibility index (Phi) is 4.87. The Morgan fingerprint density at radius 1 is 1.50 bits per heavy atom. The molecular formula is C12H13NO2S. The van der Waals surface area contributed by atoms with Gasteiger partial charge in [-0.05, 0) is 13.0 Å². The molecule has 4 heteroatoms. The van der Waals surface area contributed by atoms with Crippen molar-refractivity contribution < 1.29 is 4.79 Å². The number of hydrogen-bond donors (Lipinski definition) is 1. The van der Waals surface area contributed by atoms with E-state index in [-0.39, 0.29) is 10.7 Å². The van der Waals surface area contributed by atoms with Crippen LogP contribution in [0.25, 0.3) is 0 Å². The van der Waals surface area contributed by atoms with Crippen LogP contribution in [-0.4, -0.2) is 15.9 Å². The molecule has 1 heterocycles. The number of thioether (sulfide) groups is 1. The van der Waals surface area contributed by atoms with Gasteiger partial charge in [0.25, 0.3) is 0 Å². The second kappa shape index (κ2) is 6.19. The van der Waals surface area contributed by atoms with Crippen LogP contribution >= 0.6 is 11.8 Å². The molecule has 1 aromatic heterocycles. The first-order chi connectivity index (χ1) is 7.59. The number of H-pyrrole nitrogens is 1. The monoisotopic (exact) mass is 235 g/mol. The number of carbonyl (C=O) groups excluding carboxylic acids is 1. The van der Waals surface area contributed by atoms with Gasteiger partial charge in [-0.15, -0.1) is 0 Å². The normalized spacial score (nSPS) is 9.38. The van der Waals surface area contributed by atoms with Crippen LogP contribution in [-0.2, 0) is 4.79 Å². The van der Waals surface area contributed by atoms with E-state index in [1.807, 2.05) is 6.92 Å². The number of hydrogen-bond acceptors (Lipinski definition) is 3. The van der Waals surface area contributed by atoms with E-state index in [1.165, 1.54) is 17.8 Å². The fourth-order valence-electron chi connectivity index (χ4n) is 1.12. The summed E-state index contributed by atoms with van der Waals surface area (Å²) in [6.07, 6.45) is 0.669. The summed E-state index contributed by atoms with van der Waals surface area (Å²) in [5, 5.41) is 0.113. The fourth-order valence-corrected chi connectivity index (χ4v) is 1.61. The van der Waals surface area contributed by atoms with E-state index in [0.717, 1.165) is 11.3 Å². The summed E-state index contributed by atoms with van der Waals surface area (Å²) in [6.45, 7) is 3.36. The Balaban J connectivity index is 2.56. The second-order valence-electron chi connectivity index (χ2n) is 3.25. The first-order valence-electron chi connectivity index (χ1n) is 4.92. The Morgan fingerprint density at radius 3 is 2.88 bits per heavy atom. The molecule has 0 aliphatic heterocycles.